The molecule has 0 radical (unpaired) electrons. The van der Waals surface area contributed by atoms with Crippen molar-refractivity contribution in [1.29, 1.82) is 0 Å². The second-order valence-electron chi connectivity index (χ2n) is 12.6. The van der Waals surface area contributed by atoms with Crippen LogP contribution < -0.4 is 10.2 Å². The molecular weight excluding hydrogens is 748 g/mol. The normalized spacial score (nSPS) is 10.9. The van der Waals surface area contributed by atoms with Crippen LogP contribution in [0.1, 0.15) is 27.8 Å². The number of aromatic hydroxyl groups is 9. The molecule has 1 aromatic heterocycles. The first kappa shape index (κ1) is 41.1. The first-order valence-electron chi connectivity index (χ1n) is 17.2. The Morgan fingerprint density at radius 3 is 1.59 bits per heavy atom. The second-order valence-corrected chi connectivity index (χ2v) is 12.6. The van der Waals surface area contributed by atoms with Crippen LogP contribution in [0.4, 0.5) is 0 Å². The zero-order valence-electron chi connectivity index (χ0n) is 30.7. The smallest absolute Gasteiger partial charge is 0.238 e. The van der Waals surface area contributed by atoms with Crippen LogP contribution in [0.2, 0.25) is 0 Å². The minimum atomic E-state index is -0.888. The summed E-state index contributed by atoms with van der Waals surface area (Å²) in [5, 5.41) is 93.8. The van der Waals surface area contributed by atoms with Crippen molar-refractivity contribution in [3.63, 3.8) is 0 Å². The number of fused-ring (bicyclic) bond motifs is 1. The maximum atomic E-state index is 12.1. The molecule has 0 aliphatic heterocycles. The van der Waals surface area contributed by atoms with Crippen molar-refractivity contribution in [3.05, 3.63) is 153 Å². The lowest BCUT2D eigenvalue weighted by Gasteiger charge is -2.08. The van der Waals surface area contributed by atoms with Crippen molar-refractivity contribution in [1.82, 2.24) is 0 Å². The predicted octanol–water partition coefficient (Wildman–Crippen LogP) is 8.03. The number of hydrogen-bond acceptors (Lipinski definition) is 13. The fourth-order valence-corrected chi connectivity index (χ4v) is 5.40. The molecule has 0 unspecified atom stereocenters. The van der Waals surface area contributed by atoms with Crippen LogP contribution in [0, 0.1) is 0 Å². The molecule has 0 fully saturated rings. The molecule has 0 atom stereocenters. The van der Waals surface area contributed by atoms with E-state index in [1.54, 1.807) is 67.8 Å². The highest BCUT2D eigenvalue weighted by molar-refractivity contribution is 5.88. The molecule has 0 saturated heterocycles. The molecule has 13 heteroatoms. The van der Waals surface area contributed by atoms with Crippen molar-refractivity contribution in [2.75, 3.05) is 7.11 Å². The number of phenols is 8. The van der Waals surface area contributed by atoms with E-state index in [1.807, 2.05) is 42.5 Å². The lowest BCUT2D eigenvalue weighted by molar-refractivity contribution is 0.281. The van der Waals surface area contributed by atoms with Gasteiger partial charge in [-0.1, -0.05) is 48.6 Å². The molecule has 0 spiro atoms. The molecule has 10 N–H and O–H groups in total. The molecule has 0 saturated carbocycles. The number of benzene rings is 6. The maximum absolute atomic E-state index is 12.1. The molecule has 7 aromatic rings. The zero-order chi connectivity index (χ0) is 41.9. The summed E-state index contributed by atoms with van der Waals surface area (Å²) in [6, 6.07) is 29.3. The number of methoxy groups -OCH3 is 1. The Kier molecular flexibility index (Phi) is 13.1. The van der Waals surface area contributed by atoms with Gasteiger partial charge in [0.25, 0.3) is 0 Å². The van der Waals surface area contributed by atoms with Gasteiger partial charge in [-0.05, 0) is 101 Å². The van der Waals surface area contributed by atoms with Gasteiger partial charge in [0.1, 0.15) is 51.2 Å². The maximum Gasteiger partial charge on any atom is 0.238 e. The molecule has 0 amide bonds. The molecule has 296 valence electrons. The Hall–Kier alpha value is -8.03. The Morgan fingerprint density at radius 2 is 1.05 bits per heavy atom. The highest BCUT2D eigenvalue weighted by Crippen LogP contribution is 2.37. The summed E-state index contributed by atoms with van der Waals surface area (Å²) < 4.78 is 10.5. The molecule has 7 rings (SSSR count). The number of aliphatic hydroxyl groups excluding tert-OH is 1. The van der Waals surface area contributed by atoms with Gasteiger partial charge in [0, 0.05) is 23.8 Å². The first-order valence-corrected chi connectivity index (χ1v) is 17.2. The molecule has 0 aliphatic carbocycles. The molecule has 58 heavy (non-hydrogen) atoms. The molecular formula is C45H38O13. The van der Waals surface area contributed by atoms with Gasteiger partial charge >= 0.3 is 0 Å². The van der Waals surface area contributed by atoms with Gasteiger partial charge in [0.2, 0.25) is 11.2 Å². The molecule has 6 aromatic carbocycles. The van der Waals surface area contributed by atoms with Gasteiger partial charge in [-0.3, -0.25) is 4.79 Å². The third-order valence-corrected chi connectivity index (χ3v) is 8.23. The molecule has 0 aliphatic rings. The lowest BCUT2D eigenvalue weighted by atomic mass is 10.1. The van der Waals surface area contributed by atoms with E-state index in [2.05, 4.69) is 0 Å². The van der Waals surface area contributed by atoms with Crippen LogP contribution >= 0.6 is 0 Å². The minimum Gasteiger partial charge on any atom is -0.508 e. The number of ether oxygens (including phenoxy) is 1. The number of phenolic OH excluding ortho intramolecular Hbond substituents is 8. The van der Waals surface area contributed by atoms with Crippen molar-refractivity contribution < 1.29 is 60.2 Å². The number of rotatable bonds is 7. The molecule has 1 heterocycles. The monoisotopic (exact) mass is 786 g/mol. The highest BCUT2D eigenvalue weighted by atomic mass is 16.5. The summed E-state index contributed by atoms with van der Waals surface area (Å²) in [5.41, 5.74) is 3.49. The lowest BCUT2D eigenvalue weighted by Crippen LogP contribution is -2.02. The van der Waals surface area contributed by atoms with Crippen molar-refractivity contribution in [2.45, 2.75) is 6.61 Å². The van der Waals surface area contributed by atoms with Gasteiger partial charge in [-0.25, -0.2) is 0 Å². The second kappa shape index (κ2) is 18.5. The van der Waals surface area contributed by atoms with Crippen molar-refractivity contribution >= 4 is 35.3 Å². The van der Waals surface area contributed by atoms with Crippen molar-refractivity contribution in [2.24, 2.45) is 0 Å². The fourth-order valence-electron chi connectivity index (χ4n) is 5.40. The summed E-state index contributed by atoms with van der Waals surface area (Å²) in [6.07, 6.45) is 7.48. The average Bonchev–Trinajstić information content (AvgIpc) is 3.19. The van der Waals surface area contributed by atoms with Crippen LogP contribution in [0.3, 0.4) is 0 Å². The Labute approximate surface area is 330 Å². The van der Waals surface area contributed by atoms with E-state index in [-0.39, 0.29) is 63.4 Å². The van der Waals surface area contributed by atoms with Gasteiger partial charge in [0.15, 0.2) is 17.3 Å². The zero-order valence-corrected chi connectivity index (χ0v) is 30.7. The standard InChI is InChI=1S/C16H16O3.C15H10O7.C14H12O3/c1-19-16-9-13(8-14(10-16)11-17)3-2-12-4-6-15(18)7-5-12;16-7-4-10(19)12-11(5-7)22-15(14(21)13(12)20)6-1-2-8(17)9(18)3-6;15-12-5-3-10(4-6-12)1-2-11-7-13(16)9-14(17)8-11/h2-10,17-18H,11H2,1H3;1-5,16-19,21H;1-9,15-17H/b3-2+;;2-1+. The van der Waals surface area contributed by atoms with E-state index in [0.717, 1.165) is 52.3 Å². The largest absolute Gasteiger partial charge is 0.508 e. The van der Waals surface area contributed by atoms with Crippen LogP contribution in [0.15, 0.2) is 124 Å². The quantitative estimate of drug-likeness (QED) is 0.0544. The average molecular weight is 787 g/mol. The van der Waals surface area contributed by atoms with Crippen LogP contribution in [0.25, 0.3) is 46.6 Å². The molecule has 0 bridgehead atoms. The highest BCUT2D eigenvalue weighted by Gasteiger charge is 2.19. The predicted molar refractivity (Wildman–Crippen MR) is 219 cm³/mol. The van der Waals surface area contributed by atoms with E-state index in [0.29, 0.717) is 5.56 Å². The number of hydrogen-bond donors (Lipinski definition) is 10. The third-order valence-electron chi connectivity index (χ3n) is 8.23. The summed E-state index contributed by atoms with van der Waals surface area (Å²) in [5.74, 6) is -1.48. The van der Waals surface area contributed by atoms with E-state index in [1.165, 1.54) is 12.1 Å². The van der Waals surface area contributed by atoms with E-state index in [9.17, 15) is 50.8 Å². The van der Waals surface area contributed by atoms with Crippen LogP contribution in [0.5, 0.6) is 57.5 Å². The van der Waals surface area contributed by atoms with Gasteiger partial charge in [-0.15, -0.1) is 0 Å². The van der Waals surface area contributed by atoms with E-state index in [4.69, 9.17) is 14.3 Å². The van der Waals surface area contributed by atoms with Gasteiger partial charge in [-0.2, -0.15) is 0 Å². The summed E-state index contributed by atoms with van der Waals surface area (Å²) in [7, 11) is 1.60. The Morgan fingerprint density at radius 1 is 0.517 bits per heavy atom. The third kappa shape index (κ3) is 10.8. The topological polar surface area (TPSA) is 242 Å². The number of aliphatic hydroxyl groups is 1. The summed E-state index contributed by atoms with van der Waals surface area (Å²) in [4.78, 5) is 12.1. The van der Waals surface area contributed by atoms with Gasteiger partial charge < -0.3 is 60.2 Å². The van der Waals surface area contributed by atoms with Crippen LogP contribution in [-0.2, 0) is 6.61 Å². The SMILES string of the molecule is COc1cc(/C=C/c2ccc(O)cc2)cc(CO)c1.O=c1c(O)c(-c2ccc(O)c(O)c2)oc2cc(O)cc(O)c12.Oc1ccc(/C=C/c2cc(O)cc(O)c2)cc1. The minimum absolute atomic E-state index is 0.0166. The van der Waals surface area contributed by atoms with Crippen LogP contribution in [-0.4, -0.2) is 58.2 Å². The van der Waals surface area contributed by atoms with E-state index >= 15 is 0 Å². The Bertz CT molecular complexity index is 2600. The van der Waals surface area contributed by atoms with E-state index < -0.39 is 22.7 Å². The van der Waals surface area contributed by atoms with Gasteiger partial charge in [0.05, 0.1) is 13.7 Å². The fraction of sp³-hybridized carbons (Fsp3) is 0.0444. The Balaban J connectivity index is 0.000000167. The summed E-state index contributed by atoms with van der Waals surface area (Å²) in [6.45, 7) is -0.0166. The first-order chi connectivity index (χ1) is 27.7. The molecule has 13 nitrogen and oxygen atoms in total. The van der Waals surface area contributed by atoms with Crippen molar-refractivity contribution in [3.8, 4) is 68.8 Å². The summed E-state index contributed by atoms with van der Waals surface area (Å²) >= 11 is 0.